The molecule has 1 aromatic carbocycles. The Labute approximate surface area is 149 Å². The van der Waals surface area contributed by atoms with Gasteiger partial charge in [-0.05, 0) is 30.5 Å². The van der Waals surface area contributed by atoms with Crippen LogP contribution >= 0.6 is 0 Å². The highest BCUT2D eigenvalue weighted by atomic mass is 19.1. The van der Waals surface area contributed by atoms with Crippen LogP contribution in [0.5, 0.6) is 0 Å². The first-order valence-corrected chi connectivity index (χ1v) is 8.81. The number of ketones is 1. The largest absolute Gasteiger partial charge is 0.289 e. The van der Waals surface area contributed by atoms with Crippen molar-refractivity contribution in [2.75, 3.05) is 0 Å². The zero-order chi connectivity index (χ0) is 17.7. The topological polar surface area (TPSA) is 60.7 Å². The second kappa shape index (κ2) is 5.56. The lowest BCUT2D eigenvalue weighted by atomic mass is 9.95. The highest BCUT2D eigenvalue weighted by Gasteiger charge is 2.54. The summed E-state index contributed by atoms with van der Waals surface area (Å²) >= 11 is 0. The van der Waals surface area contributed by atoms with Gasteiger partial charge in [0, 0.05) is 12.6 Å². The second-order valence-corrected chi connectivity index (χ2v) is 6.99. The first-order chi connectivity index (χ1) is 12.7. The average molecular weight is 348 g/mol. The maximum Gasteiger partial charge on any atom is 0.218 e. The number of fused-ring (bicyclic) bond motifs is 1. The van der Waals surface area contributed by atoms with Gasteiger partial charge in [-0.25, -0.2) is 14.1 Å². The lowest BCUT2D eigenvalue weighted by Gasteiger charge is -2.13. The number of rotatable bonds is 4. The van der Waals surface area contributed by atoms with Gasteiger partial charge in [0.25, 0.3) is 0 Å². The van der Waals surface area contributed by atoms with Crippen molar-refractivity contribution in [2.24, 2.45) is 0 Å². The molecule has 1 fully saturated rings. The Morgan fingerprint density at radius 3 is 2.58 bits per heavy atom. The molecule has 6 heteroatoms. The molecule has 3 heterocycles. The number of carbonyl (C=O) groups excluding carboxylic acids is 1. The molecule has 2 aromatic heterocycles. The molecule has 0 spiro atoms. The lowest BCUT2D eigenvalue weighted by Crippen LogP contribution is -2.23. The summed E-state index contributed by atoms with van der Waals surface area (Å²) in [5.74, 6) is 0.197. The van der Waals surface area contributed by atoms with E-state index in [1.807, 2.05) is 48.5 Å². The van der Waals surface area contributed by atoms with Crippen LogP contribution in [0.2, 0.25) is 0 Å². The Hall–Kier alpha value is -2.89. The third-order valence-electron chi connectivity index (χ3n) is 5.39. The van der Waals surface area contributed by atoms with Gasteiger partial charge in [0.1, 0.15) is 0 Å². The van der Waals surface area contributed by atoms with Crippen LogP contribution in [0.3, 0.4) is 0 Å². The predicted octanol–water partition coefficient (Wildman–Crippen LogP) is 3.59. The Kier molecular flexibility index (Phi) is 3.29. The molecule has 2 aliphatic rings. The monoisotopic (exact) mass is 348 g/mol. The van der Waals surface area contributed by atoms with Crippen molar-refractivity contribution in [3.05, 3.63) is 77.6 Å². The number of halogens is 1. The summed E-state index contributed by atoms with van der Waals surface area (Å²) in [6, 6.07) is 15.0. The van der Waals surface area contributed by atoms with Gasteiger partial charge in [-0.2, -0.15) is 0 Å². The molecule has 2 atom stereocenters. The number of pyridine rings is 1. The Balaban J connectivity index is 1.51. The number of alkyl halides is 1. The van der Waals surface area contributed by atoms with E-state index in [1.165, 1.54) is 0 Å². The highest BCUT2D eigenvalue weighted by Crippen LogP contribution is 2.49. The summed E-state index contributed by atoms with van der Waals surface area (Å²) in [5.41, 5.74) is 1.08. The molecule has 0 unspecified atom stereocenters. The average Bonchev–Trinajstić information content (AvgIpc) is 3.29. The normalized spacial score (nSPS) is 22.8. The molecule has 5 rings (SSSR count). The van der Waals surface area contributed by atoms with Crippen LogP contribution in [0.1, 0.15) is 59.2 Å². The number of aromatic nitrogens is 4. The van der Waals surface area contributed by atoms with E-state index >= 15 is 0 Å². The smallest absolute Gasteiger partial charge is 0.218 e. The Bertz CT molecular complexity index is 966. The van der Waals surface area contributed by atoms with Crippen molar-refractivity contribution < 1.29 is 9.18 Å². The lowest BCUT2D eigenvalue weighted by molar-refractivity contribution is 0.0933. The minimum atomic E-state index is -1.21. The van der Waals surface area contributed by atoms with Gasteiger partial charge in [0.15, 0.2) is 12.0 Å². The Morgan fingerprint density at radius 1 is 1.12 bits per heavy atom. The number of nitrogens with zero attached hydrogens (tertiary/aromatic N) is 4. The van der Waals surface area contributed by atoms with E-state index in [4.69, 9.17) is 0 Å². The van der Waals surface area contributed by atoms with E-state index in [0.29, 0.717) is 6.42 Å². The number of hydrogen-bond donors (Lipinski definition) is 0. The van der Waals surface area contributed by atoms with Crippen LogP contribution in [0.25, 0.3) is 0 Å². The molecule has 0 saturated heterocycles. The zero-order valence-corrected chi connectivity index (χ0v) is 14.0. The molecule has 1 saturated carbocycles. The molecular formula is C20H17FN4O. The van der Waals surface area contributed by atoms with Crippen LogP contribution < -0.4 is 0 Å². The molecule has 1 aliphatic carbocycles. The van der Waals surface area contributed by atoms with Gasteiger partial charge in [0.05, 0.1) is 17.2 Å². The molecule has 0 bridgehead atoms. The van der Waals surface area contributed by atoms with Crippen molar-refractivity contribution in [2.45, 2.75) is 36.9 Å². The van der Waals surface area contributed by atoms with Gasteiger partial charge in [-0.1, -0.05) is 36.4 Å². The summed E-state index contributed by atoms with van der Waals surface area (Å²) in [7, 11) is 0. The molecule has 1 aliphatic heterocycles. The minimum absolute atomic E-state index is 0.103. The van der Waals surface area contributed by atoms with Gasteiger partial charge in [-0.15, -0.1) is 5.10 Å². The van der Waals surface area contributed by atoms with Crippen molar-refractivity contribution in [1.82, 2.24) is 19.7 Å². The molecule has 0 radical (unpaired) electrons. The first-order valence-electron chi connectivity index (χ1n) is 8.81. The quantitative estimate of drug-likeness (QED) is 0.676. The fraction of sp³-hybridized carbons (Fsp3) is 0.300. The van der Waals surface area contributed by atoms with Crippen LogP contribution in [0, 0.1) is 0 Å². The molecule has 130 valence electrons. The van der Waals surface area contributed by atoms with Crippen LogP contribution in [-0.2, 0) is 5.41 Å². The molecular weight excluding hydrogens is 331 g/mol. The van der Waals surface area contributed by atoms with Crippen LogP contribution in [0.15, 0.2) is 54.7 Å². The van der Waals surface area contributed by atoms with E-state index in [1.54, 1.807) is 10.9 Å². The van der Waals surface area contributed by atoms with E-state index in [0.717, 1.165) is 24.1 Å². The van der Waals surface area contributed by atoms with Crippen molar-refractivity contribution in [1.29, 1.82) is 0 Å². The highest BCUT2D eigenvalue weighted by molar-refractivity contribution is 6.03. The minimum Gasteiger partial charge on any atom is -0.289 e. The van der Waals surface area contributed by atoms with E-state index in [-0.39, 0.29) is 23.5 Å². The third-order valence-corrected chi connectivity index (χ3v) is 5.39. The summed E-state index contributed by atoms with van der Waals surface area (Å²) < 4.78 is 16.1. The number of Topliss-reactive ketones (excluding diaryl/α,β-unsaturated/α-hetero) is 1. The van der Waals surface area contributed by atoms with Crippen molar-refractivity contribution >= 4 is 5.78 Å². The molecule has 3 aromatic rings. The SMILES string of the molecule is O=C(c1nc2n(n1)[C@H](c1ccccc1)C[C@@H]2F)C1(c2ccccn2)CC1. The fourth-order valence-electron chi connectivity index (χ4n) is 3.81. The fourth-order valence-corrected chi connectivity index (χ4v) is 3.81. The number of hydrogen-bond acceptors (Lipinski definition) is 4. The predicted molar refractivity (Wildman–Crippen MR) is 92.5 cm³/mol. The molecule has 26 heavy (non-hydrogen) atoms. The van der Waals surface area contributed by atoms with E-state index in [9.17, 15) is 9.18 Å². The molecule has 0 N–H and O–H groups in total. The van der Waals surface area contributed by atoms with E-state index in [2.05, 4.69) is 15.1 Å². The zero-order valence-electron chi connectivity index (χ0n) is 14.0. The van der Waals surface area contributed by atoms with Crippen LogP contribution in [0.4, 0.5) is 4.39 Å². The summed E-state index contributed by atoms with van der Waals surface area (Å²) in [6.07, 6.45) is 2.24. The van der Waals surface area contributed by atoms with Gasteiger partial charge in [-0.3, -0.25) is 9.78 Å². The number of carbonyl (C=O) groups is 1. The van der Waals surface area contributed by atoms with Crippen molar-refractivity contribution in [3.63, 3.8) is 0 Å². The standard InChI is InChI=1S/C20H17FN4O/c21-14-12-15(13-6-2-1-3-7-13)25-19(14)23-18(24-25)17(26)20(9-10-20)16-8-4-5-11-22-16/h1-8,11,14-15H,9-10,12H2/t14-,15-/m0/s1. The maximum absolute atomic E-state index is 14.5. The maximum atomic E-state index is 14.5. The van der Waals surface area contributed by atoms with E-state index < -0.39 is 11.6 Å². The van der Waals surface area contributed by atoms with Gasteiger partial charge in [0.2, 0.25) is 11.6 Å². The Morgan fingerprint density at radius 2 is 1.88 bits per heavy atom. The van der Waals surface area contributed by atoms with Crippen molar-refractivity contribution in [3.8, 4) is 0 Å². The summed E-state index contributed by atoms with van der Waals surface area (Å²) in [4.78, 5) is 21.7. The molecule has 5 nitrogen and oxygen atoms in total. The third kappa shape index (κ3) is 2.21. The second-order valence-electron chi connectivity index (χ2n) is 6.99. The van der Waals surface area contributed by atoms with Gasteiger partial charge >= 0.3 is 0 Å². The summed E-state index contributed by atoms with van der Waals surface area (Å²) in [6.45, 7) is 0. The van der Waals surface area contributed by atoms with Gasteiger partial charge < -0.3 is 0 Å². The van der Waals surface area contributed by atoms with Crippen LogP contribution in [-0.4, -0.2) is 25.5 Å². The first kappa shape index (κ1) is 15.4. The summed E-state index contributed by atoms with van der Waals surface area (Å²) in [5, 5.41) is 4.42. The number of benzene rings is 1. The molecule has 0 amide bonds.